The van der Waals surface area contributed by atoms with Gasteiger partial charge in [0.05, 0.1) is 13.2 Å². The van der Waals surface area contributed by atoms with Crippen molar-refractivity contribution in [3.05, 3.63) is 0 Å². The van der Waals surface area contributed by atoms with Gasteiger partial charge in [0, 0.05) is 38.6 Å². The Bertz CT molecular complexity index is 291. The average Bonchev–Trinajstić information content (AvgIpc) is 2.50. The van der Waals surface area contributed by atoms with Crippen LogP contribution in [0.4, 0.5) is 0 Å². The molecule has 0 aromatic heterocycles. The van der Waals surface area contributed by atoms with E-state index in [0.717, 1.165) is 58.2 Å². The van der Waals surface area contributed by atoms with E-state index in [1.54, 1.807) is 0 Å². The summed E-state index contributed by atoms with van der Waals surface area (Å²) in [7, 11) is 0. The zero-order chi connectivity index (χ0) is 14.4. The van der Waals surface area contributed by atoms with E-state index in [4.69, 9.17) is 4.74 Å². The van der Waals surface area contributed by atoms with Gasteiger partial charge in [-0.3, -0.25) is 9.69 Å². The van der Waals surface area contributed by atoms with Crippen molar-refractivity contribution in [3.8, 4) is 0 Å². The van der Waals surface area contributed by atoms with Crippen LogP contribution in [-0.2, 0) is 9.53 Å². The number of hydrogen-bond donors (Lipinski definition) is 0. The third-order valence-corrected chi connectivity index (χ3v) is 4.88. The van der Waals surface area contributed by atoms with E-state index in [9.17, 15) is 4.79 Å². The largest absolute Gasteiger partial charge is 0.379 e. The molecule has 1 amide bonds. The van der Waals surface area contributed by atoms with E-state index in [1.165, 1.54) is 19.4 Å². The number of carbonyl (C=O) groups excluding carboxylic acids is 1. The molecule has 0 N–H and O–H groups in total. The molecule has 2 heterocycles. The van der Waals surface area contributed by atoms with Crippen molar-refractivity contribution in [1.82, 2.24) is 9.80 Å². The molecule has 2 rings (SSSR count). The van der Waals surface area contributed by atoms with Crippen LogP contribution >= 0.6 is 0 Å². The van der Waals surface area contributed by atoms with Crippen LogP contribution in [0.15, 0.2) is 0 Å². The van der Waals surface area contributed by atoms with Crippen molar-refractivity contribution in [2.24, 2.45) is 11.8 Å². The van der Waals surface area contributed by atoms with Crippen LogP contribution in [0.5, 0.6) is 0 Å². The number of amides is 1. The molecule has 0 spiro atoms. The molecule has 2 saturated heterocycles. The van der Waals surface area contributed by atoms with E-state index in [-0.39, 0.29) is 5.92 Å². The lowest BCUT2D eigenvalue weighted by Crippen LogP contribution is -2.45. The Labute approximate surface area is 123 Å². The molecule has 2 aliphatic rings. The quantitative estimate of drug-likeness (QED) is 0.773. The van der Waals surface area contributed by atoms with Crippen LogP contribution < -0.4 is 0 Å². The standard InChI is InChI=1S/C16H30N2O2/c1-3-15(4-2)16(19)18-7-5-14(6-8-18)13-17-9-11-20-12-10-17/h14-15H,3-13H2,1-2H3. The Morgan fingerprint density at radius 2 is 1.70 bits per heavy atom. The predicted octanol–water partition coefficient (Wildman–Crippen LogP) is 1.99. The van der Waals surface area contributed by atoms with Crippen molar-refractivity contribution < 1.29 is 9.53 Å². The number of carbonyl (C=O) groups is 1. The third kappa shape index (κ3) is 4.19. The molecule has 2 fully saturated rings. The number of likely N-dealkylation sites (tertiary alicyclic amines) is 1. The Kier molecular flexibility index (Phi) is 6.30. The second-order valence-electron chi connectivity index (χ2n) is 6.20. The summed E-state index contributed by atoms with van der Waals surface area (Å²) in [6.07, 6.45) is 4.29. The highest BCUT2D eigenvalue weighted by Gasteiger charge is 2.27. The zero-order valence-corrected chi connectivity index (χ0v) is 13.1. The molecule has 0 bridgehead atoms. The number of ether oxygens (including phenoxy) is 1. The van der Waals surface area contributed by atoms with Gasteiger partial charge in [-0.2, -0.15) is 0 Å². The highest BCUT2D eigenvalue weighted by atomic mass is 16.5. The normalized spacial score (nSPS) is 22.4. The second-order valence-corrected chi connectivity index (χ2v) is 6.20. The van der Waals surface area contributed by atoms with Crippen molar-refractivity contribution in [3.63, 3.8) is 0 Å². The smallest absolute Gasteiger partial charge is 0.225 e. The van der Waals surface area contributed by atoms with Gasteiger partial charge < -0.3 is 9.64 Å². The van der Waals surface area contributed by atoms with Crippen LogP contribution in [-0.4, -0.2) is 61.6 Å². The van der Waals surface area contributed by atoms with Crippen LogP contribution in [0, 0.1) is 11.8 Å². The van der Waals surface area contributed by atoms with Crippen molar-refractivity contribution >= 4 is 5.91 Å². The number of rotatable bonds is 5. The second kappa shape index (κ2) is 7.99. The first-order valence-corrected chi connectivity index (χ1v) is 8.33. The fourth-order valence-corrected chi connectivity index (χ4v) is 3.38. The highest BCUT2D eigenvalue weighted by Crippen LogP contribution is 2.22. The first kappa shape index (κ1) is 15.8. The molecule has 0 aromatic rings. The molecule has 0 unspecified atom stereocenters. The van der Waals surface area contributed by atoms with Gasteiger partial charge in [-0.15, -0.1) is 0 Å². The summed E-state index contributed by atoms with van der Waals surface area (Å²) >= 11 is 0. The summed E-state index contributed by atoms with van der Waals surface area (Å²) in [4.78, 5) is 17.0. The lowest BCUT2D eigenvalue weighted by molar-refractivity contribution is -0.137. The molecule has 0 atom stereocenters. The summed E-state index contributed by atoms with van der Waals surface area (Å²) in [6.45, 7) is 11.3. The van der Waals surface area contributed by atoms with Gasteiger partial charge in [-0.05, 0) is 31.6 Å². The number of morpholine rings is 1. The first-order valence-electron chi connectivity index (χ1n) is 8.33. The maximum atomic E-state index is 12.4. The van der Waals surface area contributed by atoms with E-state index in [0.29, 0.717) is 5.91 Å². The highest BCUT2D eigenvalue weighted by molar-refractivity contribution is 5.78. The monoisotopic (exact) mass is 282 g/mol. The minimum absolute atomic E-state index is 0.241. The Morgan fingerprint density at radius 1 is 1.10 bits per heavy atom. The van der Waals surface area contributed by atoms with Crippen LogP contribution in [0.1, 0.15) is 39.5 Å². The molecule has 4 nitrogen and oxygen atoms in total. The summed E-state index contributed by atoms with van der Waals surface area (Å²) in [5.74, 6) is 1.39. The van der Waals surface area contributed by atoms with Gasteiger partial charge in [0.1, 0.15) is 0 Å². The molecule has 4 heteroatoms. The summed E-state index contributed by atoms with van der Waals surface area (Å²) < 4.78 is 5.39. The molecular formula is C16H30N2O2. The van der Waals surface area contributed by atoms with E-state index < -0.39 is 0 Å². The fourth-order valence-electron chi connectivity index (χ4n) is 3.38. The third-order valence-electron chi connectivity index (χ3n) is 4.88. The van der Waals surface area contributed by atoms with Gasteiger partial charge in [-0.25, -0.2) is 0 Å². The van der Waals surface area contributed by atoms with Crippen LogP contribution in [0.3, 0.4) is 0 Å². The number of hydrogen-bond acceptors (Lipinski definition) is 3. The molecule has 0 aliphatic carbocycles. The van der Waals surface area contributed by atoms with Gasteiger partial charge in [0.25, 0.3) is 0 Å². The summed E-state index contributed by atoms with van der Waals surface area (Å²) in [5, 5.41) is 0. The van der Waals surface area contributed by atoms with Gasteiger partial charge in [-0.1, -0.05) is 13.8 Å². The summed E-state index contributed by atoms with van der Waals surface area (Å²) in [5.41, 5.74) is 0. The van der Waals surface area contributed by atoms with Crippen LogP contribution in [0.25, 0.3) is 0 Å². The Balaban J connectivity index is 1.72. The van der Waals surface area contributed by atoms with E-state index in [1.807, 2.05) is 0 Å². The van der Waals surface area contributed by atoms with Crippen molar-refractivity contribution in [1.29, 1.82) is 0 Å². The molecule has 116 valence electrons. The molecule has 0 aromatic carbocycles. The maximum Gasteiger partial charge on any atom is 0.225 e. The Morgan fingerprint density at radius 3 is 2.25 bits per heavy atom. The SMILES string of the molecule is CCC(CC)C(=O)N1CCC(CN2CCOCC2)CC1. The predicted molar refractivity (Wildman–Crippen MR) is 80.6 cm³/mol. The maximum absolute atomic E-state index is 12.4. The first-order chi connectivity index (χ1) is 9.74. The summed E-state index contributed by atoms with van der Waals surface area (Å²) in [6, 6.07) is 0. The van der Waals surface area contributed by atoms with Crippen LogP contribution in [0.2, 0.25) is 0 Å². The Hall–Kier alpha value is -0.610. The lowest BCUT2D eigenvalue weighted by Gasteiger charge is -2.37. The van der Waals surface area contributed by atoms with Crippen molar-refractivity contribution in [2.45, 2.75) is 39.5 Å². The minimum atomic E-state index is 0.241. The number of nitrogens with zero attached hydrogens (tertiary/aromatic N) is 2. The average molecular weight is 282 g/mol. The van der Waals surface area contributed by atoms with E-state index in [2.05, 4.69) is 23.6 Å². The minimum Gasteiger partial charge on any atom is -0.379 e. The molecule has 20 heavy (non-hydrogen) atoms. The van der Waals surface area contributed by atoms with Gasteiger partial charge >= 0.3 is 0 Å². The molecule has 0 radical (unpaired) electrons. The molecule has 0 saturated carbocycles. The van der Waals surface area contributed by atoms with E-state index >= 15 is 0 Å². The number of piperidine rings is 1. The lowest BCUT2D eigenvalue weighted by atomic mass is 9.94. The topological polar surface area (TPSA) is 32.8 Å². The molecular weight excluding hydrogens is 252 g/mol. The van der Waals surface area contributed by atoms with Gasteiger partial charge in [0.2, 0.25) is 5.91 Å². The van der Waals surface area contributed by atoms with Crippen molar-refractivity contribution in [2.75, 3.05) is 45.9 Å². The fraction of sp³-hybridized carbons (Fsp3) is 0.938. The van der Waals surface area contributed by atoms with Gasteiger partial charge in [0.15, 0.2) is 0 Å². The molecule has 2 aliphatic heterocycles. The zero-order valence-electron chi connectivity index (χ0n) is 13.1.